The predicted octanol–water partition coefficient (Wildman–Crippen LogP) is 0.261. The van der Waals surface area contributed by atoms with E-state index >= 15 is 0 Å². The molecule has 0 heterocycles. The number of aliphatic hydroxyl groups is 1. The highest BCUT2D eigenvalue weighted by atomic mass is 16.3. The van der Waals surface area contributed by atoms with Crippen LogP contribution in [0.3, 0.4) is 0 Å². The summed E-state index contributed by atoms with van der Waals surface area (Å²) >= 11 is 0. The zero-order valence-corrected chi connectivity index (χ0v) is 6.58. The molecule has 0 aliphatic heterocycles. The lowest BCUT2D eigenvalue weighted by molar-refractivity contribution is 0.284. The lowest BCUT2D eigenvalue weighted by atomic mass is 10.1. The molecule has 0 bridgehead atoms. The highest BCUT2D eigenvalue weighted by molar-refractivity contribution is 4.92. The van der Waals surface area contributed by atoms with Gasteiger partial charge in [-0.3, -0.25) is 0 Å². The van der Waals surface area contributed by atoms with Crippen molar-refractivity contribution in [1.29, 1.82) is 5.26 Å². The molecule has 3 heteroatoms. The van der Waals surface area contributed by atoms with Gasteiger partial charge < -0.3 is 10.4 Å². The fourth-order valence-electron chi connectivity index (χ4n) is 1.55. The largest absolute Gasteiger partial charge is 0.395 e. The third-order valence-electron chi connectivity index (χ3n) is 2.16. The van der Waals surface area contributed by atoms with Gasteiger partial charge in [0.1, 0.15) is 0 Å². The summed E-state index contributed by atoms with van der Waals surface area (Å²) in [6.45, 7) is 0.844. The average molecular weight is 154 g/mol. The fourth-order valence-corrected chi connectivity index (χ4v) is 1.55. The van der Waals surface area contributed by atoms with E-state index in [1.807, 2.05) is 0 Å². The highest BCUT2D eigenvalue weighted by Gasteiger charge is 2.23. The molecule has 2 unspecified atom stereocenters. The van der Waals surface area contributed by atoms with Gasteiger partial charge in [-0.25, -0.2) is 0 Å². The van der Waals surface area contributed by atoms with Crippen molar-refractivity contribution < 1.29 is 5.11 Å². The molecule has 1 rings (SSSR count). The number of nitriles is 1. The van der Waals surface area contributed by atoms with E-state index in [1.165, 1.54) is 0 Å². The van der Waals surface area contributed by atoms with Gasteiger partial charge in [0.2, 0.25) is 0 Å². The van der Waals surface area contributed by atoms with Gasteiger partial charge in [-0.05, 0) is 19.3 Å². The minimum Gasteiger partial charge on any atom is -0.395 e. The van der Waals surface area contributed by atoms with Crippen molar-refractivity contribution in [2.75, 3.05) is 13.2 Å². The molecule has 1 aliphatic carbocycles. The van der Waals surface area contributed by atoms with E-state index < -0.39 is 0 Å². The van der Waals surface area contributed by atoms with Crippen LogP contribution in [0.5, 0.6) is 0 Å². The first kappa shape index (κ1) is 8.51. The standard InChI is InChI=1S/C8H14N2O/c9-6-7-1-2-8(5-7)10-3-4-11/h7-8,10-11H,1-5H2. The van der Waals surface area contributed by atoms with Crippen LogP contribution in [0.4, 0.5) is 0 Å². The van der Waals surface area contributed by atoms with Gasteiger partial charge in [-0.15, -0.1) is 0 Å². The van der Waals surface area contributed by atoms with E-state index in [-0.39, 0.29) is 12.5 Å². The Labute approximate surface area is 67.0 Å². The Balaban J connectivity index is 2.15. The van der Waals surface area contributed by atoms with Crippen molar-refractivity contribution in [2.24, 2.45) is 5.92 Å². The average Bonchev–Trinajstić information content (AvgIpc) is 2.48. The molecule has 11 heavy (non-hydrogen) atoms. The Hall–Kier alpha value is -0.590. The van der Waals surface area contributed by atoms with Crippen LogP contribution in [-0.2, 0) is 0 Å². The van der Waals surface area contributed by atoms with Gasteiger partial charge >= 0.3 is 0 Å². The Morgan fingerprint density at radius 1 is 1.55 bits per heavy atom. The molecule has 1 saturated carbocycles. The van der Waals surface area contributed by atoms with Gasteiger partial charge in [0.05, 0.1) is 12.7 Å². The van der Waals surface area contributed by atoms with Gasteiger partial charge in [0.25, 0.3) is 0 Å². The SMILES string of the molecule is N#CC1CCC(NCCO)C1. The summed E-state index contributed by atoms with van der Waals surface area (Å²) < 4.78 is 0. The summed E-state index contributed by atoms with van der Waals surface area (Å²) in [6.07, 6.45) is 3.05. The molecule has 2 N–H and O–H groups in total. The van der Waals surface area contributed by atoms with Crippen LogP contribution < -0.4 is 5.32 Å². The monoisotopic (exact) mass is 154 g/mol. The van der Waals surface area contributed by atoms with E-state index in [9.17, 15) is 0 Å². The molecule has 1 aliphatic rings. The molecule has 1 fully saturated rings. The van der Waals surface area contributed by atoms with Gasteiger partial charge in [-0.2, -0.15) is 5.26 Å². The third-order valence-corrected chi connectivity index (χ3v) is 2.16. The molecular weight excluding hydrogens is 140 g/mol. The van der Waals surface area contributed by atoms with Gasteiger partial charge in [0.15, 0.2) is 0 Å². The molecule has 0 aromatic rings. The van der Waals surface area contributed by atoms with E-state index in [0.29, 0.717) is 12.6 Å². The minimum atomic E-state index is 0.188. The first-order valence-corrected chi connectivity index (χ1v) is 4.10. The number of nitrogens with one attached hydrogen (secondary N) is 1. The second kappa shape index (κ2) is 4.32. The maximum absolute atomic E-state index is 8.58. The molecule has 62 valence electrons. The zero-order chi connectivity index (χ0) is 8.10. The molecule has 0 spiro atoms. The topological polar surface area (TPSA) is 56.0 Å². The quantitative estimate of drug-likeness (QED) is 0.613. The van der Waals surface area contributed by atoms with Crippen molar-refractivity contribution in [1.82, 2.24) is 5.32 Å². The molecule has 0 amide bonds. The normalized spacial score (nSPS) is 30.2. The van der Waals surface area contributed by atoms with E-state index in [2.05, 4.69) is 11.4 Å². The van der Waals surface area contributed by atoms with Crippen LogP contribution in [0, 0.1) is 17.2 Å². The summed E-state index contributed by atoms with van der Waals surface area (Å²) in [5.41, 5.74) is 0. The van der Waals surface area contributed by atoms with Crippen LogP contribution >= 0.6 is 0 Å². The number of aliphatic hydroxyl groups excluding tert-OH is 1. The number of nitrogens with zero attached hydrogens (tertiary/aromatic N) is 1. The summed E-state index contributed by atoms with van der Waals surface area (Å²) in [4.78, 5) is 0. The number of rotatable bonds is 3. The molecule has 3 nitrogen and oxygen atoms in total. The second-order valence-corrected chi connectivity index (χ2v) is 3.01. The third kappa shape index (κ3) is 2.49. The summed E-state index contributed by atoms with van der Waals surface area (Å²) in [5, 5.41) is 20.3. The van der Waals surface area contributed by atoms with Crippen LogP contribution in [-0.4, -0.2) is 24.3 Å². The lowest BCUT2D eigenvalue weighted by Crippen LogP contribution is -2.29. The minimum absolute atomic E-state index is 0.188. The maximum atomic E-state index is 8.58. The molecular formula is C8H14N2O. The number of hydrogen-bond donors (Lipinski definition) is 2. The first-order valence-electron chi connectivity index (χ1n) is 4.10. The first-order chi connectivity index (χ1) is 5.36. The van der Waals surface area contributed by atoms with Crippen LogP contribution in [0.1, 0.15) is 19.3 Å². The summed E-state index contributed by atoms with van der Waals surface area (Å²) in [6, 6.07) is 2.73. The molecule has 0 saturated heterocycles. The van der Waals surface area contributed by atoms with Crippen molar-refractivity contribution >= 4 is 0 Å². The zero-order valence-electron chi connectivity index (χ0n) is 6.58. The van der Waals surface area contributed by atoms with Crippen LogP contribution in [0.2, 0.25) is 0 Å². The fraction of sp³-hybridized carbons (Fsp3) is 0.875. The van der Waals surface area contributed by atoms with E-state index in [1.54, 1.807) is 0 Å². The van der Waals surface area contributed by atoms with E-state index in [4.69, 9.17) is 10.4 Å². The molecule has 0 radical (unpaired) electrons. The molecule has 0 aromatic heterocycles. The Bertz CT molecular complexity index is 153. The summed E-state index contributed by atoms with van der Waals surface area (Å²) in [7, 11) is 0. The second-order valence-electron chi connectivity index (χ2n) is 3.01. The van der Waals surface area contributed by atoms with Crippen LogP contribution in [0.15, 0.2) is 0 Å². The Morgan fingerprint density at radius 2 is 2.36 bits per heavy atom. The highest BCUT2D eigenvalue weighted by Crippen LogP contribution is 2.24. The van der Waals surface area contributed by atoms with Crippen LogP contribution in [0.25, 0.3) is 0 Å². The van der Waals surface area contributed by atoms with E-state index in [0.717, 1.165) is 19.3 Å². The van der Waals surface area contributed by atoms with Gasteiger partial charge in [0, 0.05) is 18.5 Å². The summed E-state index contributed by atoms with van der Waals surface area (Å²) in [5.74, 6) is 0.242. The Morgan fingerprint density at radius 3 is 2.91 bits per heavy atom. The molecule has 0 aromatic carbocycles. The van der Waals surface area contributed by atoms with Gasteiger partial charge in [-0.1, -0.05) is 0 Å². The maximum Gasteiger partial charge on any atom is 0.0656 e. The predicted molar refractivity (Wildman–Crippen MR) is 41.8 cm³/mol. The van der Waals surface area contributed by atoms with Crippen molar-refractivity contribution in [3.8, 4) is 6.07 Å². The lowest BCUT2D eigenvalue weighted by Gasteiger charge is -2.09. The Kier molecular flexibility index (Phi) is 3.34. The van der Waals surface area contributed by atoms with Crippen molar-refractivity contribution in [2.45, 2.75) is 25.3 Å². The van der Waals surface area contributed by atoms with Crippen molar-refractivity contribution in [3.05, 3.63) is 0 Å². The smallest absolute Gasteiger partial charge is 0.0656 e. The molecule has 2 atom stereocenters. The van der Waals surface area contributed by atoms with Crippen molar-refractivity contribution in [3.63, 3.8) is 0 Å². The number of hydrogen-bond acceptors (Lipinski definition) is 3.